The highest BCUT2D eigenvalue weighted by Gasteiger charge is 2.31. The molecule has 3 rings (SSSR count). The number of nitrogens with one attached hydrogen (secondary N) is 1. The predicted octanol–water partition coefficient (Wildman–Crippen LogP) is 4.25. The van der Waals surface area contributed by atoms with Crippen LogP contribution in [0.1, 0.15) is 53.6 Å². The van der Waals surface area contributed by atoms with Crippen molar-refractivity contribution in [2.75, 3.05) is 5.32 Å². The lowest BCUT2D eigenvalue weighted by atomic mass is 10.1. The van der Waals surface area contributed by atoms with E-state index >= 15 is 0 Å². The summed E-state index contributed by atoms with van der Waals surface area (Å²) in [6, 6.07) is 3.55. The standard InChI is InChI=1S/C21H22F3N5O4/c1-4-5-6-16(19(30)27-17-9-12(2)33-28-17)32-20(31)15-11-26-29(13(15)3)18-8-7-14(10-25-18)21(22,23)24/h7-11,16H,4-6H2,1-3H3,(H,27,28,30). The summed E-state index contributed by atoms with van der Waals surface area (Å²) in [5.41, 5.74) is -0.542. The Kier molecular flexibility index (Phi) is 7.14. The minimum Gasteiger partial charge on any atom is -0.449 e. The average Bonchev–Trinajstić information content (AvgIpc) is 3.35. The van der Waals surface area contributed by atoms with Gasteiger partial charge in [-0.15, -0.1) is 0 Å². The molecule has 0 aliphatic heterocycles. The van der Waals surface area contributed by atoms with E-state index in [1.807, 2.05) is 6.92 Å². The highest BCUT2D eigenvalue weighted by Crippen LogP contribution is 2.29. The third kappa shape index (κ3) is 5.76. The molecular weight excluding hydrogens is 443 g/mol. The molecule has 1 amide bonds. The molecule has 0 saturated heterocycles. The van der Waals surface area contributed by atoms with Gasteiger partial charge in [0.05, 0.1) is 17.5 Å². The van der Waals surface area contributed by atoms with Crippen molar-refractivity contribution in [2.45, 2.75) is 52.3 Å². The van der Waals surface area contributed by atoms with Crippen LogP contribution in [0.4, 0.5) is 19.0 Å². The third-order valence-electron chi connectivity index (χ3n) is 4.76. The van der Waals surface area contributed by atoms with Crippen molar-refractivity contribution in [3.63, 3.8) is 0 Å². The number of carbonyl (C=O) groups is 2. The van der Waals surface area contributed by atoms with E-state index in [0.29, 0.717) is 30.5 Å². The van der Waals surface area contributed by atoms with E-state index in [2.05, 4.69) is 20.6 Å². The van der Waals surface area contributed by atoms with Crippen LogP contribution in [0.2, 0.25) is 0 Å². The molecule has 176 valence electrons. The fourth-order valence-corrected chi connectivity index (χ4v) is 2.98. The summed E-state index contributed by atoms with van der Waals surface area (Å²) in [5, 5.41) is 10.3. The Morgan fingerprint density at radius 1 is 1.24 bits per heavy atom. The summed E-state index contributed by atoms with van der Waals surface area (Å²) < 4.78 is 49.9. The molecule has 12 heteroatoms. The number of aryl methyl sites for hydroxylation is 1. The van der Waals surface area contributed by atoms with Gasteiger partial charge in [-0.05, 0) is 38.8 Å². The molecule has 0 aromatic carbocycles. The number of rotatable bonds is 8. The number of halogens is 3. The zero-order valence-corrected chi connectivity index (χ0v) is 18.1. The number of unbranched alkanes of at least 4 members (excludes halogenated alkanes) is 1. The molecule has 3 heterocycles. The first-order valence-corrected chi connectivity index (χ1v) is 10.1. The molecule has 0 spiro atoms. The van der Waals surface area contributed by atoms with E-state index in [1.165, 1.54) is 16.9 Å². The predicted molar refractivity (Wildman–Crippen MR) is 110 cm³/mol. The van der Waals surface area contributed by atoms with Crippen LogP contribution in [0.5, 0.6) is 0 Å². The van der Waals surface area contributed by atoms with Crippen molar-refractivity contribution < 1.29 is 32.0 Å². The molecule has 1 atom stereocenters. The van der Waals surface area contributed by atoms with Gasteiger partial charge in [0.2, 0.25) is 0 Å². The Labute approximate surface area is 186 Å². The zero-order chi connectivity index (χ0) is 24.2. The van der Waals surface area contributed by atoms with E-state index in [0.717, 1.165) is 18.6 Å². The first-order chi connectivity index (χ1) is 15.6. The van der Waals surface area contributed by atoms with Crippen LogP contribution >= 0.6 is 0 Å². The maximum atomic E-state index is 12.8. The van der Waals surface area contributed by atoms with Crippen LogP contribution in [0, 0.1) is 13.8 Å². The number of amides is 1. The number of ether oxygens (including phenoxy) is 1. The minimum atomic E-state index is -4.52. The Morgan fingerprint density at radius 2 is 2.00 bits per heavy atom. The molecule has 0 saturated carbocycles. The van der Waals surface area contributed by atoms with Gasteiger partial charge < -0.3 is 14.6 Å². The number of carbonyl (C=O) groups excluding carboxylic acids is 2. The van der Waals surface area contributed by atoms with E-state index < -0.39 is 29.7 Å². The van der Waals surface area contributed by atoms with Gasteiger partial charge in [-0.25, -0.2) is 14.5 Å². The molecule has 0 fully saturated rings. The topological polar surface area (TPSA) is 112 Å². The molecular formula is C21H22F3N5O4. The molecule has 0 radical (unpaired) electrons. The third-order valence-corrected chi connectivity index (χ3v) is 4.76. The van der Waals surface area contributed by atoms with Gasteiger partial charge in [0.15, 0.2) is 17.7 Å². The Balaban J connectivity index is 1.76. The maximum Gasteiger partial charge on any atom is 0.417 e. The maximum absolute atomic E-state index is 12.8. The number of hydrogen-bond donors (Lipinski definition) is 1. The molecule has 0 aliphatic rings. The lowest BCUT2D eigenvalue weighted by Crippen LogP contribution is -2.32. The largest absolute Gasteiger partial charge is 0.449 e. The van der Waals surface area contributed by atoms with Gasteiger partial charge in [-0.3, -0.25) is 4.79 Å². The van der Waals surface area contributed by atoms with Gasteiger partial charge in [-0.2, -0.15) is 18.3 Å². The van der Waals surface area contributed by atoms with Crippen LogP contribution in [-0.2, 0) is 15.7 Å². The van der Waals surface area contributed by atoms with Gasteiger partial charge in [0.1, 0.15) is 11.3 Å². The lowest BCUT2D eigenvalue weighted by molar-refractivity contribution is -0.137. The Morgan fingerprint density at radius 3 is 2.58 bits per heavy atom. The summed E-state index contributed by atoms with van der Waals surface area (Å²) >= 11 is 0. The van der Waals surface area contributed by atoms with Crippen molar-refractivity contribution >= 4 is 17.7 Å². The van der Waals surface area contributed by atoms with Crippen molar-refractivity contribution in [3.05, 3.63) is 53.2 Å². The van der Waals surface area contributed by atoms with Gasteiger partial charge in [0, 0.05) is 12.3 Å². The number of nitrogens with zero attached hydrogens (tertiary/aromatic N) is 4. The molecule has 1 N–H and O–H groups in total. The number of pyridine rings is 1. The first-order valence-electron chi connectivity index (χ1n) is 10.1. The van der Waals surface area contributed by atoms with E-state index in [9.17, 15) is 22.8 Å². The van der Waals surface area contributed by atoms with Crippen LogP contribution in [0.3, 0.4) is 0 Å². The fraction of sp³-hybridized carbons (Fsp3) is 0.381. The monoisotopic (exact) mass is 465 g/mol. The van der Waals surface area contributed by atoms with Gasteiger partial charge in [0.25, 0.3) is 5.91 Å². The molecule has 1 unspecified atom stereocenters. The van der Waals surface area contributed by atoms with Crippen LogP contribution in [0.25, 0.3) is 5.82 Å². The smallest absolute Gasteiger partial charge is 0.417 e. The highest BCUT2D eigenvalue weighted by molar-refractivity contribution is 5.97. The van der Waals surface area contributed by atoms with Crippen LogP contribution < -0.4 is 5.32 Å². The molecule has 9 nitrogen and oxygen atoms in total. The number of esters is 1. The van der Waals surface area contributed by atoms with Crippen molar-refractivity contribution in [2.24, 2.45) is 0 Å². The summed E-state index contributed by atoms with van der Waals surface area (Å²) in [6.45, 7) is 5.15. The Bertz CT molecular complexity index is 1120. The van der Waals surface area contributed by atoms with Gasteiger partial charge in [-0.1, -0.05) is 18.5 Å². The summed E-state index contributed by atoms with van der Waals surface area (Å²) in [7, 11) is 0. The first kappa shape index (κ1) is 24.0. The number of aromatic nitrogens is 4. The van der Waals surface area contributed by atoms with Crippen LogP contribution in [0.15, 0.2) is 35.1 Å². The number of hydrogen-bond acceptors (Lipinski definition) is 7. The fourth-order valence-electron chi connectivity index (χ4n) is 2.98. The summed E-state index contributed by atoms with van der Waals surface area (Å²) in [5.74, 6) is -0.543. The van der Waals surface area contributed by atoms with E-state index in [4.69, 9.17) is 9.26 Å². The zero-order valence-electron chi connectivity index (χ0n) is 18.1. The lowest BCUT2D eigenvalue weighted by Gasteiger charge is -2.16. The molecule has 0 aliphatic carbocycles. The number of alkyl halides is 3. The SMILES string of the molecule is CCCCC(OC(=O)c1cnn(-c2ccc(C(F)(F)F)cn2)c1C)C(=O)Nc1cc(C)on1. The van der Waals surface area contributed by atoms with Crippen molar-refractivity contribution in [3.8, 4) is 5.82 Å². The summed E-state index contributed by atoms with van der Waals surface area (Å²) in [4.78, 5) is 29.2. The normalized spacial score (nSPS) is 12.4. The quantitative estimate of drug-likeness (QED) is 0.495. The van der Waals surface area contributed by atoms with E-state index in [1.54, 1.807) is 13.8 Å². The molecule has 3 aromatic heterocycles. The van der Waals surface area contributed by atoms with Gasteiger partial charge >= 0.3 is 12.1 Å². The second-order valence-corrected chi connectivity index (χ2v) is 7.31. The molecule has 33 heavy (non-hydrogen) atoms. The Hall–Kier alpha value is -3.70. The molecule has 3 aromatic rings. The van der Waals surface area contributed by atoms with E-state index in [-0.39, 0.29) is 17.2 Å². The second-order valence-electron chi connectivity index (χ2n) is 7.31. The minimum absolute atomic E-state index is 0.0586. The number of anilines is 1. The highest BCUT2D eigenvalue weighted by atomic mass is 19.4. The van der Waals surface area contributed by atoms with Crippen molar-refractivity contribution in [1.29, 1.82) is 0 Å². The molecule has 0 bridgehead atoms. The van der Waals surface area contributed by atoms with Crippen LogP contribution in [-0.4, -0.2) is 37.9 Å². The van der Waals surface area contributed by atoms with Crippen molar-refractivity contribution in [1.82, 2.24) is 19.9 Å². The average molecular weight is 465 g/mol. The summed E-state index contributed by atoms with van der Waals surface area (Å²) in [6.07, 6.45) is -1.99. The second kappa shape index (κ2) is 9.84.